The average molecular weight is 361 g/mol. The summed E-state index contributed by atoms with van der Waals surface area (Å²) in [5, 5.41) is 0. The van der Waals surface area contributed by atoms with Gasteiger partial charge in [-0.2, -0.15) is 0 Å². The Morgan fingerprint density at radius 1 is 0.632 bits per heavy atom. The Balaban J connectivity index is 2.56. The predicted molar refractivity (Wildman–Crippen MR) is 99.2 cm³/mol. The molecule has 0 amide bonds. The van der Waals surface area contributed by atoms with Gasteiger partial charge in [-0.1, -0.05) is 18.2 Å². The number of hydrogen-bond acceptors (Lipinski definition) is 6. The monoisotopic (exact) mass is 360 g/mol. The second-order valence-electron chi connectivity index (χ2n) is 4.03. The van der Waals surface area contributed by atoms with Gasteiger partial charge in [0.15, 0.2) is 0 Å². The van der Waals surface area contributed by atoms with E-state index >= 15 is 0 Å². The topological polar surface area (TPSA) is 0 Å². The van der Waals surface area contributed by atoms with E-state index < -0.39 is 0 Å². The Morgan fingerprint density at radius 3 is 1.63 bits per heavy atom. The van der Waals surface area contributed by atoms with E-state index in [0.29, 0.717) is 11.3 Å². The van der Waals surface area contributed by atoms with Crippen LogP contribution in [0.25, 0.3) is 0 Å². The van der Waals surface area contributed by atoms with Crippen LogP contribution < -0.4 is 0 Å². The van der Waals surface area contributed by atoms with Gasteiger partial charge in [-0.25, -0.2) is 0 Å². The van der Waals surface area contributed by atoms with Crippen LogP contribution in [0.1, 0.15) is 11.1 Å². The molecule has 0 aliphatic heterocycles. The van der Waals surface area contributed by atoms with Crippen molar-refractivity contribution < 1.29 is 0 Å². The Hall–Kier alpha value is 0.540. The molecule has 0 unspecified atom stereocenters. The second-order valence-corrected chi connectivity index (χ2v) is 6.74. The maximum atomic E-state index is 4.53. The van der Waals surface area contributed by atoms with Gasteiger partial charge in [0.2, 0.25) is 0 Å². The average Bonchev–Trinajstić information content (AvgIpc) is 2.41. The molecular formula is C13H12S6. The number of thiol groups is 6. The first kappa shape index (κ1) is 15.9. The lowest BCUT2D eigenvalue weighted by atomic mass is 10.0. The molecule has 0 N–H and O–H groups in total. The van der Waals surface area contributed by atoms with Gasteiger partial charge in [-0.05, 0) is 17.2 Å². The zero-order valence-corrected chi connectivity index (χ0v) is 15.1. The van der Waals surface area contributed by atoms with Gasteiger partial charge in [0, 0.05) is 35.8 Å². The third kappa shape index (κ3) is 3.24. The van der Waals surface area contributed by atoms with E-state index in [1.165, 1.54) is 0 Å². The van der Waals surface area contributed by atoms with Crippen molar-refractivity contribution in [3.05, 3.63) is 35.4 Å². The van der Waals surface area contributed by atoms with Crippen molar-refractivity contribution in [3.8, 4) is 0 Å². The largest absolute Gasteiger partial charge is 0.143 e. The number of hydrogen-bond donors (Lipinski definition) is 6. The van der Waals surface area contributed by atoms with Gasteiger partial charge in [-0.3, -0.25) is 0 Å². The Kier molecular flexibility index (Phi) is 5.48. The summed E-state index contributed by atoms with van der Waals surface area (Å²) >= 11 is 26.8. The molecule has 0 saturated carbocycles. The van der Waals surface area contributed by atoms with Crippen LogP contribution in [0.5, 0.6) is 0 Å². The SMILES string of the molecule is Sc1ccccc1Cc1c(S)c(S)c(S)c(S)c1S. The normalized spacial score (nSPS) is 10.8. The summed E-state index contributed by atoms with van der Waals surface area (Å²) in [5.74, 6) is 0. The quantitative estimate of drug-likeness (QED) is 0.399. The summed E-state index contributed by atoms with van der Waals surface area (Å²) < 4.78 is 0. The molecule has 2 rings (SSSR count). The van der Waals surface area contributed by atoms with E-state index in [9.17, 15) is 0 Å². The molecule has 6 heteroatoms. The lowest BCUT2D eigenvalue weighted by molar-refractivity contribution is 0.895. The first-order chi connectivity index (χ1) is 8.93. The second kappa shape index (κ2) is 6.54. The van der Waals surface area contributed by atoms with Crippen LogP contribution >= 0.6 is 75.8 Å². The number of rotatable bonds is 2. The molecule has 2 aromatic rings. The fourth-order valence-electron chi connectivity index (χ4n) is 1.75. The van der Waals surface area contributed by atoms with Gasteiger partial charge >= 0.3 is 0 Å². The summed E-state index contributed by atoms with van der Waals surface area (Å²) in [7, 11) is 0. The van der Waals surface area contributed by atoms with E-state index in [1.54, 1.807) is 0 Å². The highest BCUT2D eigenvalue weighted by molar-refractivity contribution is 7.87. The van der Waals surface area contributed by atoms with Gasteiger partial charge in [0.1, 0.15) is 0 Å². The molecule has 0 heterocycles. The summed E-state index contributed by atoms with van der Waals surface area (Å²) in [5.41, 5.74) is 2.10. The fourth-order valence-corrected chi connectivity index (χ4v) is 3.67. The first-order valence-electron chi connectivity index (χ1n) is 5.38. The molecule has 0 aromatic heterocycles. The molecule has 0 aliphatic rings. The van der Waals surface area contributed by atoms with Crippen LogP contribution in [0.3, 0.4) is 0 Å². The summed E-state index contributed by atoms with van der Waals surface area (Å²) in [6.07, 6.45) is 0.687. The third-order valence-electron chi connectivity index (χ3n) is 2.83. The summed E-state index contributed by atoms with van der Waals surface area (Å²) in [6, 6.07) is 7.94. The highest BCUT2D eigenvalue weighted by Gasteiger charge is 2.16. The Bertz CT molecular complexity index is 606. The van der Waals surface area contributed by atoms with Crippen molar-refractivity contribution in [3.63, 3.8) is 0 Å². The highest BCUT2D eigenvalue weighted by Crippen LogP contribution is 2.40. The fraction of sp³-hybridized carbons (Fsp3) is 0.0769. The van der Waals surface area contributed by atoms with E-state index in [2.05, 4.69) is 75.8 Å². The molecule has 0 nitrogen and oxygen atoms in total. The minimum atomic E-state index is 0.687. The smallest absolute Gasteiger partial charge is 0.0331 e. The summed E-state index contributed by atoms with van der Waals surface area (Å²) in [6.45, 7) is 0. The van der Waals surface area contributed by atoms with Crippen LogP contribution in [0.2, 0.25) is 0 Å². The molecule has 0 fully saturated rings. The van der Waals surface area contributed by atoms with Gasteiger partial charge in [0.25, 0.3) is 0 Å². The summed E-state index contributed by atoms with van der Waals surface area (Å²) in [4.78, 5) is 4.66. The third-order valence-corrected chi connectivity index (χ3v) is 6.30. The molecule has 0 spiro atoms. The lowest BCUT2D eigenvalue weighted by Gasteiger charge is -2.16. The van der Waals surface area contributed by atoms with E-state index in [4.69, 9.17) is 0 Å². The molecule has 2 aromatic carbocycles. The maximum Gasteiger partial charge on any atom is 0.0331 e. The molecule has 0 atom stereocenters. The minimum absolute atomic E-state index is 0.687. The molecule has 0 saturated heterocycles. The van der Waals surface area contributed by atoms with Gasteiger partial charge in [0.05, 0.1) is 0 Å². The van der Waals surface area contributed by atoms with Crippen molar-refractivity contribution in [1.82, 2.24) is 0 Å². The van der Waals surface area contributed by atoms with Crippen molar-refractivity contribution in [2.45, 2.75) is 35.8 Å². The zero-order chi connectivity index (χ0) is 14.2. The van der Waals surface area contributed by atoms with Crippen molar-refractivity contribution in [1.29, 1.82) is 0 Å². The van der Waals surface area contributed by atoms with Crippen LogP contribution in [-0.2, 0) is 6.42 Å². The van der Waals surface area contributed by atoms with Crippen molar-refractivity contribution in [2.75, 3.05) is 0 Å². The molecule has 0 aliphatic carbocycles. The number of benzene rings is 2. The first-order valence-corrected chi connectivity index (χ1v) is 8.06. The van der Waals surface area contributed by atoms with Gasteiger partial charge < -0.3 is 0 Å². The minimum Gasteiger partial charge on any atom is -0.143 e. The van der Waals surface area contributed by atoms with Crippen molar-refractivity contribution >= 4 is 75.8 Å². The van der Waals surface area contributed by atoms with E-state index in [0.717, 1.165) is 35.6 Å². The lowest BCUT2D eigenvalue weighted by Crippen LogP contribution is -1.97. The highest BCUT2D eigenvalue weighted by atomic mass is 32.1. The van der Waals surface area contributed by atoms with Crippen LogP contribution in [0.4, 0.5) is 0 Å². The van der Waals surface area contributed by atoms with E-state index in [-0.39, 0.29) is 0 Å². The van der Waals surface area contributed by atoms with Crippen LogP contribution in [0, 0.1) is 0 Å². The Labute approximate surface area is 146 Å². The van der Waals surface area contributed by atoms with Crippen LogP contribution in [-0.4, -0.2) is 0 Å². The standard InChI is InChI=1S/C13H12S6/c14-8-4-2-1-3-6(8)5-7-9(15)11(17)13(19)12(18)10(7)16/h1-4,14-19H,5H2. The van der Waals surface area contributed by atoms with Crippen LogP contribution in [0.15, 0.2) is 53.6 Å². The molecule has 0 radical (unpaired) electrons. The molecule has 19 heavy (non-hydrogen) atoms. The van der Waals surface area contributed by atoms with Gasteiger partial charge in [-0.15, -0.1) is 75.8 Å². The molecule has 100 valence electrons. The predicted octanol–water partition coefficient (Wildman–Crippen LogP) is 5.01. The van der Waals surface area contributed by atoms with Crippen molar-refractivity contribution in [2.24, 2.45) is 0 Å². The molecular weight excluding hydrogens is 349 g/mol. The zero-order valence-electron chi connectivity index (χ0n) is 9.70. The van der Waals surface area contributed by atoms with E-state index in [1.807, 2.05) is 24.3 Å². The molecule has 0 bridgehead atoms. The maximum absolute atomic E-state index is 4.53. The Morgan fingerprint density at radius 2 is 1.11 bits per heavy atom.